The predicted octanol–water partition coefficient (Wildman–Crippen LogP) is 5.79. The molecule has 0 saturated heterocycles. The highest BCUT2D eigenvalue weighted by Crippen LogP contribution is 2.39. The van der Waals surface area contributed by atoms with Crippen molar-refractivity contribution in [3.05, 3.63) is 83.6 Å². The number of phenolic OH excluding ortho intramolecular Hbond substituents is 1. The van der Waals surface area contributed by atoms with Crippen molar-refractivity contribution in [3.63, 3.8) is 0 Å². The fourth-order valence-electron chi connectivity index (χ4n) is 3.39. The topological polar surface area (TPSA) is 65.7 Å². The van der Waals surface area contributed by atoms with Gasteiger partial charge in [-0.1, -0.05) is 24.3 Å². The molecule has 0 fully saturated rings. The smallest absolute Gasteiger partial charge is 0.173 e. The minimum atomic E-state index is 0.0673. The van der Waals surface area contributed by atoms with Crippen molar-refractivity contribution in [3.8, 4) is 40.0 Å². The van der Waals surface area contributed by atoms with Gasteiger partial charge in [-0.3, -0.25) is 4.68 Å². The van der Waals surface area contributed by atoms with Crippen LogP contribution < -0.4 is 14.2 Å². The lowest BCUT2D eigenvalue weighted by Gasteiger charge is -2.11. The van der Waals surface area contributed by atoms with Crippen LogP contribution in [0.5, 0.6) is 28.7 Å². The molecule has 0 aliphatic heterocycles. The van der Waals surface area contributed by atoms with Gasteiger partial charge in [-0.15, -0.1) is 0 Å². The number of aromatic nitrogens is 2. The second kappa shape index (κ2) is 9.06. The van der Waals surface area contributed by atoms with E-state index in [1.807, 2.05) is 69.4 Å². The van der Waals surface area contributed by atoms with E-state index >= 15 is 0 Å². The van der Waals surface area contributed by atoms with Crippen LogP contribution >= 0.6 is 0 Å². The predicted molar refractivity (Wildman–Crippen MR) is 124 cm³/mol. The van der Waals surface area contributed by atoms with Crippen LogP contribution in [0.4, 0.5) is 0 Å². The Balaban J connectivity index is 1.56. The summed E-state index contributed by atoms with van der Waals surface area (Å²) in [7, 11) is 3.45. The summed E-state index contributed by atoms with van der Waals surface area (Å²) in [6, 6.07) is 18.9. The Labute approximate surface area is 187 Å². The maximum Gasteiger partial charge on any atom is 0.173 e. The van der Waals surface area contributed by atoms with Gasteiger partial charge in [0.2, 0.25) is 0 Å². The second-order valence-electron chi connectivity index (χ2n) is 7.71. The van der Waals surface area contributed by atoms with Crippen LogP contribution in [0.25, 0.3) is 11.3 Å². The monoisotopic (exact) mass is 430 g/mol. The van der Waals surface area contributed by atoms with Gasteiger partial charge in [-0.25, -0.2) is 0 Å². The molecule has 1 aromatic heterocycles. The molecule has 164 valence electrons. The number of hydrogen-bond acceptors (Lipinski definition) is 5. The standard InChI is InChI=1S/C26H26N2O4/c1-17-8-9-18(2)24(12-17)32-25-15-28(3)27-26(25)22-11-10-21(14-23(22)29)31-16-19-6-5-7-20(13-19)30-4/h5-15,29H,16H2,1-4H3. The third-order valence-corrected chi connectivity index (χ3v) is 5.12. The molecule has 1 N–H and O–H groups in total. The van der Waals surface area contributed by atoms with Gasteiger partial charge in [-0.05, 0) is 60.9 Å². The molecule has 0 atom stereocenters. The number of rotatable bonds is 7. The van der Waals surface area contributed by atoms with Crippen molar-refractivity contribution >= 4 is 0 Å². The van der Waals surface area contributed by atoms with E-state index in [2.05, 4.69) is 5.10 Å². The van der Waals surface area contributed by atoms with Crippen molar-refractivity contribution in [2.75, 3.05) is 7.11 Å². The average molecular weight is 431 g/mol. The van der Waals surface area contributed by atoms with E-state index in [4.69, 9.17) is 14.2 Å². The van der Waals surface area contributed by atoms with Crippen LogP contribution in [0.2, 0.25) is 0 Å². The first-order valence-corrected chi connectivity index (χ1v) is 10.3. The van der Waals surface area contributed by atoms with Gasteiger partial charge in [0.05, 0.1) is 13.3 Å². The quantitative estimate of drug-likeness (QED) is 0.402. The normalized spacial score (nSPS) is 10.8. The minimum absolute atomic E-state index is 0.0673. The lowest BCUT2D eigenvalue weighted by atomic mass is 10.1. The summed E-state index contributed by atoms with van der Waals surface area (Å²) in [6.45, 7) is 4.38. The maximum atomic E-state index is 10.7. The van der Waals surface area contributed by atoms with Gasteiger partial charge in [0.15, 0.2) is 5.75 Å². The molecular formula is C26H26N2O4. The van der Waals surface area contributed by atoms with Gasteiger partial charge >= 0.3 is 0 Å². The molecule has 0 aliphatic rings. The highest BCUT2D eigenvalue weighted by molar-refractivity contribution is 5.73. The van der Waals surface area contributed by atoms with E-state index in [0.29, 0.717) is 29.4 Å². The summed E-state index contributed by atoms with van der Waals surface area (Å²) in [6.07, 6.45) is 1.80. The molecule has 0 saturated carbocycles. The fraction of sp³-hybridized carbons (Fsp3) is 0.192. The first-order chi connectivity index (χ1) is 15.4. The Bertz CT molecular complexity index is 1250. The molecule has 4 rings (SSSR count). The summed E-state index contributed by atoms with van der Waals surface area (Å²) in [5, 5.41) is 15.2. The zero-order valence-corrected chi connectivity index (χ0v) is 18.6. The second-order valence-corrected chi connectivity index (χ2v) is 7.71. The number of benzene rings is 3. The maximum absolute atomic E-state index is 10.7. The van der Waals surface area contributed by atoms with Crippen LogP contribution in [0, 0.1) is 13.8 Å². The van der Waals surface area contributed by atoms with E-state index < -0.39 is 0 Å². The van der Waals surface area contributed by atoms with Crippen molar-refractivity contribution in [1.82, 2.24) is 9.78 Å². The van der Waals surface area contributed by atoms with Crippen molar-refractivity contribution in [1.29, 1.82) is 0 Å². The Kier molecular flexibility index (Phi) is 6.03. The summed E-state index contributed by atoms with van der Waals surface area (Å²) < 4.78 is 18.9. The third-order valence-electron chi connectivity index (χ3n) is 5.12. The number of phenols is 1. The largest absolute Gasteiger partial charge is 0.507 e. The van der Waals surface area contributed by atoms with Crippen LogP contribution in [0.1, 0.15) is 16.7 Å². The highest BCUT2D eigenvalue weighted by atomic mass is 16.5. The Hall–Kier alpha value is -3.93. The molecule has 0 spiro atoms. The number of aromatic hydroxyl groups is 1. The van der Waals surface area contributed by atoms with Gasteiger partial charge in [-0.2, -0.15) is 5.10 Å². The van der Waals surface area contributed by atoms with Gasteiger partial charge in [0, 0.05) is 18.7 Å². The molecular weight excluding hydrogens is 404 g/mol. The summed E-state index contributed by atoms with van der Waals surface area (Å²) in [5.41, 5.74) is 4.24. The molecule has 0 unspecified atom stereocenters. The molecule has 32 heavy (non-hydrogen) atoms. The molecule has 4 aromatic rings. The molecule has 6 heteroatoms. The lowest BCUT2D eigenvalue weighted by Crippen LogP contribution is -1.96. The summed E-state index contributed by atoms with van der Waals surface area (Å²) in [4.78, 5) is 0. The summed E-state index contributed by atoms with van der Waals surface area (Å²) in [5.74, 6) is 2.73. The fourth-order valence-corrected chi connectivity index (χ4v) is 3.39. The van der Waals surface area contributed by atoms with Crippen LogP contribution in [-0.2, 0) is 13.7 Å². The Morgan fingerprint density at radius 2 is 1.78 bits per heavy atom. The number of methoxy groups -OCH3 is 1. The van der Waals surface area contributed by atoms with Gasteiger partial charge in [0.25, 0.3) is 0 Å². The number of aryl methyl sites for hydroxylation is 3. The first-order valence-electron chi connectivity index (χ1n) is 10.3. The van der Waals surface area contributed by atoms with Crippen LogP contribution in [0.3, 0.4) is 0 Å². The molecule has 0 aliphatic carbocycles. The molecule has 0 amide bonds. The van der Waals surface area contributed by atoms with Crippen molar-refractivity contribution < 1.29 is 19.3 Å². The number of ether oxygens (including phenoxy) is 3. The van der Waals surface area contributed by atoms with Gasteiger partial charge in [0.1, 0.15) is 35.3 Å². The highest BCUT2D eigenvalue weighted by Gasteiger charge is 2.17. The first kappa shape index (κ1) is 21.3. The van der Waals surface area contributed by atoms with Crippen LogP contribution in [0.15, 0.2) is 66.9 Å². The van der Waals surface area contributed by atoms with Gasteiger partial charge < -0.3 is 19.3 Å². The van der Waals surface area contributed by atoms with E-state index in [0.717, 1.165) is 28.2 Å². The Morgan fingerprint density at radius 1 is 0.938 bits per heavy atom. The SMILES string of the molecule is COc1cccc(COc2ccc(-c3nn(C)cc3Oc3cc(C)ccc3C)c(O)c2)c1. The minimum Gasteiger partial charge on any atom is -0.507 e. The third kappa shape index (κ3) is 4.70. The van der Waals surface area contributed by atoms with E-state index in [9.17, 15) is 5.11 Å². The molecule has 6 nitrogen and oxygen atoms in total. The zero-order chi connectivity index (χ0) is 22.7. The molecule has 3 aromatic carbocycles. The Morgan fingerprint density at radius 3 is 2.56 bits per heavy atom. The van der Waals surface area contributed by atoms with Crippen molar-refractivity contribution in [2.45, 2.75) is 20.5 Å². The number of nitrogens with zero attached hydrogens (tertiary/aromatic N) is 2. The van der Waals surface area contributed by atoms with Crippen LogP contribution in [-0.4, -0.2) is 22.0 Å². The molecule has 1 heterocycles. The van der Waals surface area contributed by atoms with E-state index in [-0.39, 0.29) is 5.75 Å². The van der Waals surface area contributed by atoms with E-state index in [1.165, 1.54) is 0 Å². The number of hydrogen-bond donors (Lipinski definition) is 1. The van der Waals surface area contributed by atoms with Crippen molar-refractivity contribution in [2.24, 2.45) is 7.05 Å². The lowest BCUT2D eigenvalue weighted by molar-refractivity contribution is 0.303. The summed E-state index contributed by atoms with van der Waals surface area (Å²) >= 11 is 0. The molecule has 0 radical (unpaired) electrons. The molecule has 0 bridgehead atoms. The average Bonchev–Trinajstić information content (AvgIpc) is 3.14. The van der Waals surface area contributed by atoms with E-state index in [1.54, 1.807) is 30.1 Å². The zero-order valence-electron chi connectivity index (χ0n) is 18.6.